The topological polar surface area (TPSA) is 70.4 Å². The second kappa shape index (κ2) is 5.27. The van der Waals surface area contributed by atoms with Crippen molar-refractivity contribution in [2.24, 2.45) is 0 Å². The van der Waals surface area contributed by atoms with Crippen LogP contribution in [-0.2, 0) is 0 Å². The largest absolute Gasteiger partial charge is 0.507 e. The summed E-state index contributed by atoms with van der Waals surface area (Å²) in [5, 5.41) is 19.8. The molecule has 6 heteroatoms. The van der Waals surface area contributed by atoms with Gasteiger partial charge in [-0.1, -0.05) is 23.7 Å². The molecule has 22 heavy (non-hydrogen) atoms. The van der Waals surface area contributed by atoms with Gasteiger partial charge in [0.15, 0.2) is 0 Å². The Bertz CT molecular complexity index is 891. The number of halogens is 2. The van der Waals surface area contributed by atoms with Crippen molar-refractivity contribution in [3.63, 3.8) is 0 Å². The monoisotopic (exact) mass is 317 g/mol. The Kier molecular flexibility index (Phi) is 3.42. The minimum Gasteiger partial charge on any atom is -0.507 e. The van der Waals surface area contributed by atoms with Crippen molar-refractivity contribution < 1.29 is 19.4 Å². The lowest BCUT2D eigenvalue weighted by Gasteiger charge is -2.10. The van der Waals surface area contributed by atoms with Gasteiger partial charge in [-0.15, -0.1) is 0 Å². The van der Waals surface area contributed by atoms with Crippen LogP contribution in [-0.4, -0.2) is 21.2 Å². The number of aromatic nitrogens is 1. The van der Waals surface area contributed by atoms with E-state index in [1.54, 1.807) is 12.1 Å². The zero-order valence-corrected chi connectivity index (χ0v) is 11.8. The summed E-state index contributed by atoms with van der Waals surface area (Å²) in [4.78, 5) is 15.1. The molecule has 4 nitrogen and oxygen atoms in total. The van der Waals surface area contributed by atoms with Crippen LogP contribution in [0.3, 0.4) is 0 Å². The molecule has 0 saturated heterocycles. The molecule has 0 amide bonds. The summed E-state index contributed by atoms with van der Waals surface area (Å²) in [6.07, 6.45) is 1.01. The highest BCUT2D eigenvalue weighted by atomic mass is 35.5. The normalized spacial score (nSPS) is 10.8. The molecule has 0 atom stereocenters. The summed E-state index contributed by atoms with van der Waals surface area (Å²) in [6.45, 7) is 0. The van der Waals surface area contributed by atoms with Crippen LogP contribution in [0.2, 0.25) is 5.02 Å². The van der Waals surface area contributed by atoms with Crippen molar-refractivity contribution in [1.82, 2.24) is 4.98 Å². The summed E-state index contributed by atoms with van der Waals surface area (Å²) in [7, 11) is 0. The van der Waals surface area contributed by atoms with Crippen molar-refractivity contribution in [2.75, 3.05) is 0 Å². The first-order valence-electron chi connectivity index (χ1n) is 6.28. The molecule has 3 rings (SSSR count). The number of carboxylic acid groups (broad SMARTS) is 1. The van der Waals surface area contributed by atoms with E-state index in [1.165, 1.54) is 24.3 Å². The molecule has 2 aromatic carbocycles. The molecular formula is C16H9ClFNO3. The number of nitrogens with zero attached hydrogens (tertiary/aromatic N) is 1. The van der Waals surface area contributed by atoms with E-state index < -0.39 is 11.8 Å². The first-order valence-corrected chi connectivity index (χ1v) is 6.66. The van der Waals surface area contributed by atoms with Gasteiger partial charge in [-0.2, -0.15) is 0 Å². The Hall–Kier alpha value is -2.66. The number of benzene rings is 2. The van der Waals surface area contributed by atoms with Gasteiger partial charge in [0, 0.05) is 10.8 Å². The van der Waals surface area contributed by atoms with E-state index >= 15 is 0 Å². The zero-order chi connectivity index (χ0) is 15.9. The molecule has 0 aliphatic heterocycles. The molecule has 0 saturated carbocycles. The number of phenols is 1. The standard InChI is InChI=1S/C16H9ClFNO3/c17-11-2-1-3-13(20)14(11)15-10-6-8(16(21)22)4-5-9(10)12(18)7-19-15/h1-7,20H,(H,21,22). The van der Waals surface area contributed by atoms with Gasteiger partial charge in [0.1, 0.15) is 11.6 Å². The van der Waals surface area contributed by atoms with E-state index in [-0.39, 0.29) is 38.4 Å². The zero-order valence-electron chi connectivity index (χ0n) is 11.0. The summed E-state index contributed by atoms with van der Waals surface area (Å²) in [5.41, 5.74) is 0.451. The molecular weight excluding hydrogens is 309 g/mol. The Morgan fingerprint density at radius 3 is 2.64 bits per heavy atom. The molecule has 0 spiro atoms. The van der Waals surface area contributed by atoms with Gasteiger partial charge in [-0.3, -0.25) is 4.98 Å². The van der Waals surface area contributed by atoms with Gasteiger partial charge in [0.25, 0.3) is 0 Å². The molecule has 0 radical (unpaired) electrons. The summed E-state index contributed by atoms with van der Waals surface area (Å²) >= 11 is 6.10. The predicted molar refractivity (Wildman–Crippen MR) is 80.8 cm³/mol. The molecule has 1 aromatic heterocycles. The van der Waals surface area contributed by atoms with Gasteiger partial charge in [-0.25, -0.2) is 9.18 Å². The maximum Gasteiger partial charge on any atom is 0.335 e. The van der Waals surface area contributed by atoms with Crippen LogP contribution in [0.4, 0.5) is 4.39 Å². The van der Waals surface area contributed by atoms with E-state index in [4.69, 9.17) is 16.7 Å². The van der Waals surface area contributed by atoms with E-state index in [9.17, 15) is 14.3 Å². The molecule has 2 N–H and O–H groups in total. The van der Waals surface area contributed by atoms with Crippen molar-refractivity contribution in [1.29, 1.82) is 0 Å². The third-order valence-corrected chi connectivity index (χ3v) is 3.63. The average Bonchev–Trinajstić information content (AvgIpc) is 2.49. The smallest absolute Gasteiger partial charge is 0.335 e. The first kappa shape index (κ1) is 14.3. The van der Waals surface area contributed by atoms with Crippen molar-refractivity contribution in [3.05, 3.63) is 59.0 Å². The van der Waals surface area contributed by atoms with Gasteiger partial charge in [-0.05, 0) is 24.3 Å². The Labute approximate surface area is 129 Å². The molecule has 0 fully saturated rings. The van der Waals surface area contributed by atoms with Crippen LogP contribution in [0, 0.1) is 5.82 Å². The van der Waals surface area contributed by atoms with Crippen molar-refractivity contribution in [3.8, 4) is 17.0 Å². The van der Waals surface area contributed by atoms with Gasteiger partial charge >= 0.3 is 5.97 Å². The van der Waals surface area contributed by atoms with E-state index in [0.717, 1.165) is 6.20 Å². The number of carboxylic acids is 1. The quantitative estimate of drug-likeness (QED) is 0.746. The average molecular weight is 318 g/mol. The molecule has 3 aromatic rings. The maximum atomic E-state index is 13.9. The minimum atomic E-state index is -1.14. The van der Waals surface area contributed by atoms with Gasteiger partial charge in [0.2, 0.25) is 0 Å². The number of hydrogen-bond acceptors (Lipinski definition) is 3. The van der Waals surface area contributed by atoms with E-state index in [1.807, 2.05) is 0 Å². The van der Waals surface area contributed by atoms with E-state index in [0.29, 0.717) is 0 Å². The van der Waals surface area contributed by atoms with Crippen molar-refractivity contribution in [2.45, 2.75) is 0 Å². The van der Waals surface area contributed by atoms with Crippen LogP contribution < -0.4 is 0 Å². The SMILES string of the molecule is O=C(O)c1ccc2c(F)cnc(-c3c(O)cccc3Cl)c2c1. The number of phenolic OH excluding ortho intramolecular Hbond substituents is 1. The summed E-state index contributed by atoms with van der Waals surface area (Å²) in [6, 6.07) is 8.55. The number of aromatic carboxylic acids is 1. The first-order chi connectivity index (χ1) is 10.5. The van der Waals surface area contributed by atoms with Gasteiger partial charge in [0.05, 0.1) is 28.0 Å². The highest BCUT2D eigenvalue weighted by Crippen LogP contribution is 2.38. The lowest BCUT2D eigenvalue weighted by molar-refractivity contribution is 0.0697. The van der Waals surface area contributed by atoms with Crippen LogP contribution in [0.5, 0.6) is 5.75 Å². The summed E-state index contributed by atoms with van der Waals surface area (Å²) in [5.74, 6) is -1.84. The number of pyridine rings is 1. The van der Waals surface area contributed by atoms with Crippen molar-refractivity contribution >= 4 is 28.3 Å². The van der Waals surface area contributed by atoms with E-state index in [2.05, 4.69) is 4.98 Å². The number of rotatable bonds is 2. The number of aromatic hydroxyl groups is 1. The molecule has 0 bridgehead atoms. The molecule has 0 aliphatic carbocycles. The number of hydrogen-bond donors (Lipinski definition) is 2. The van der Waals surface area contributed by atoms with Crippen LogP contribution in [0.15, 0.2) is 42.6 Å². The fraction of sp³-hybridized carbons (Fsp3) is 0. The summed E-state index contributed by atoms with van der Waals surface area (Å²) < 4.78 is 13.9. The lowest BCUT2D eigenvalue weighted by atomic mass is 10.0. The Balaban J connectivity index is 2.41. The second-order valence-electron chi connectivity index (χ2n) is 4.65. The minimum absolute atomic E-state index is 0.00677. The van der Waals surface area contributed by atoms with Crippen LogP contribution >= 0.6 is 11.6 Å². The van der Waals surface area contributed by atoms with Crippen LogP contribution in [0.25, 0.3) is 22.0 Å². The Morgan fingerprint density at radius 2 is 1.95 bits per heavy atom. The fourth-order valence-corrected chi connectivity index (χ4v) is 2.55. The van der Waals surface area contributed by atoms with Gasteiger partial charge < -0.3 is 10.2 Å². The molecule has 0 aliphatic rings. The Morgan fingerprint density at radius 1 is 1.18 bits per heavy atom. The number of fused-ring (bicyclic) bond motifs is 1. The highest BCUT2D eigenvalue weighted by Gasteiger charge is 2.17. The second-order valence-corrected chi connectivity index (χ2v) is 5.06. The third kappa shape index (κ3) is 2.25. The highest BCUT2D eigenvalue weighted by molar-refractivity contribution is 6.34. The van der Waals surface area contributed by atoms with Crippen LogP contribution in [0.1, 0.15) is 10.4 Å². The maximum absolute atomic E-state index is 13.9. The molecule has 0 unspecified atom stereocenters. The molecule has 110 valence electrons. The lowest BCUT2D eigenvalue weighted by Crippen LogP contribution is -1.98. The third-order valence-electron chi connectivity index (χ3n) is 3.31. The number of carbonyl (C=O) groups is 1. The molecule has 1 heterocycles. The fourth-order valence-electron chi connectivity index (χ4n) is 2.29. The predicted octanol–water partition coefficient (Wildman–Crippen LogP) is 4.10.